The summed E-state index contributed by atoms with van der Waals surface area (Å²) in [5, 5.41) is 9.69. The summed E-state index contributed by atoms with van der Waals surface area (Å²) in [5.74, 6) is -1.31. The number of nitrogens with zero attached hydrogens (tertiary/aromatic N) is 1. The van der Waals surface area contributed by atoms with Crippen molar-refractivity contribution in [2.75, 3.05) is 5.43 Å². The van der Waals surface area contributed by atoms with Gasteiger partial charge in [-0.05, 0) is 11.6 Å². The standard InChI is InChI=1S/C18H16N2O3/c21-17(10-11-18(22)23)19-20-12-15(13-6-2-1-3-7-13)14-8-4-5-9-16(14)20/h1-9,12H,10-11H2,(H,19,21)(H,22,23). The molecule has 23 heavy (non-hydrogen) atoms. The summed E-state index contributed by atoms with van der Waals surface area (Å²) in [5.41, 5.74) is 5.69. The molecule has 0 aliphatic carbocycles. The Hall–Kier alpha value is -3.08. The highest BCUT2D eigenvalue weighted by Crippen LogP contribution is 2.29. The Labute approximate surface area is 133 Å². The molecule has 0 bridgehead atoms. The van der Waals surface area contributed by atoms with Gasteiger partial charge in [0.2, 0.25) is 5.91 Å². The van der Waals surface area contributed by atoms with Crippen LogP contribution in [0.3, 0.4) is 0 Å². The molecule has 0 atom stereocenters. The van der Waals surface area contributed by atoms with Crippen molar-refractivity contribution in [1.29, 1.82) is 0 Å². The van der Waals surface area contributed by atoms with Crippen LogP contribution in [0, 0.1) is 0 Å². The smallest absolute Gasteiger partial charge is 0.303 e. The highest BCUT2D eigenvalue weighted by molar-refractivity contribution is 5.98. The van der Waals surface area contributed by atoms with Crippen molar-refractivity contribution in [2.45, 2.75) is 12.8 Å². The normalized spacial score (nSPS) is 10.6. The number of amides is 1. The maximum absolute atomic E-state index is 11.9. The first-order valence-corrected chi connectivity index (χ1v) is 7.32. The zero-order valence-corrected chi connectivity index (χ0v) is 12.4. The molecule has 0 saturated heterocycles. The highest BCUT2D eigenvalue weighted by atomic mass is 16.4. The van der Waals surface area contributed by atoms with Crippen LogP contribution in [0.5, 0.6) is 0 Å². The highest BCUT2D eigenvalue weighted by Gasteiger charge is 2.12. The van der Waals surface area contributed by atoms with E-state index in [1.807, 2.05) is 60.8 Å². The summed E-state index contributed by atoms with van der Waals surface area (Å²) in [4.78, 5) is 22.5. The molecule has 0 spiro atoms. The number of carboxylic acids is 1. The van der Waals surface area contributed by atoms with E-state index in [0.717, 1.165) is 22.0 Å². The van der Waals surface area contributed by atoms with E-state index in [1.54, 1.807) is 4.68 Å². The van der Waals surface area contributed by atoms with Crippen molar-refractivity contribution < 1.29 is 14.7 Å². The van der Waals surface area contributed by atoms with Gasteiger partial charge in [0.15, 0.2) is 0 Å². The van der Waals surface area contributed by atoms with Gasteiger partial charge in [0.1, 0.15) is 0 Å². The molecule has 1 amide bonds. The molecule has 1 heterocycles. The first kappa shape index (κ1) is 14.8. The van der Waals surface area contributed by atoms with Crippen molar-refractivity contribution in [1.82, 2.24) is 4.68 Å². The van der Waals surface area contributed by atoms with Crippen LogP contribution < -0.4 is 5.43 Å². The number of carboxylic acid groups (broad SMARTS) is 1. The van der Waals surface area contributed by atoms with E-state index in [4.69, 9.17) is 5.11 Å². The van der Waals surface area contributed by atoms with Crippen molar-refractivity contribution in [3.63, 3.8) is 0 Å². The number of benzene rings is 2. The van der Waals surface area contributed by atoms with Crippen LogP contribution in [0.25, 0.3) is 22.0 Å². The van der Waals surface area contributed by atoms with Gasteiger partial charge in [-0.2, -0.15) is 0 Å². The molecular weight excluding hydrogens is 292 g/mol. The molecule has 5 nitrogen and oxygen atoms in total. The van der Waals surface area contributed by atoms with Crippen molar-refractivity contribution >= 4 is 22.8 Å². The lowest BCUT2D eigenvalue weighted by Crippen LogP contribution is -2.22. The third kappa shape index (κ3) is 3.23. The van der Waals surface area contributed by atoms with E-state index in [1.165, 1.54) is 0 Å². The van der Waals surface area contributed by atoms with Gasteiger partial charge in [0.25, 0.3) is 0 Å². The molecule has 5 heteroatoms. The Balaban J connectivity index is 1.95. The van der Waals surface area contributed by atoms with Crippen molar-refractivity contribution in [3.05, 3.63) is 60.8 Å². The number of carbonyl (C=O) groups is 2. The minimum atomic E-state index is -0.984. The minimum Gasteiger partial charge on any atom is -0.481 e. The molecule has 0 saturated carbocycles. The number of hydrogen-bond acceptors (Lipinski definition) is 2. The van der Waals surface area contributed by atoms with E-state index in [-0.39, 0.29) is 18.7 Å². The zero-order chi connectivity index (χ0) is 16.2. The van der Waals surface area contributed by atoms with E-state index in [2.05, 4.69) is 5.43 Å². The predicted octanol–water partition coefficient (Wildman–Crippen LogP) is 3.24. The van der Waals surface area contributed by atoms with Gasteiger partial charge in [0, 0.05) is 23.6 Å². The fourth-order valence-electron chi connectivity index (χ4n) is 2.53. The number of aromatic nitrogens is 1. The van der Waals surface area contributed by atoms with Crippen LogP contribution in [-0.2, 0) is 9.59 Å². The lowest BCUT2D eigenvalue weighted by molar-refractivity contribution is -0.138. The first-order valence-electron chi connectivity index (χ1n) is 7.32. The first-order chi connectivity index (χ1) is 11.1. The predicted molar refractivity (Wildman–Crippen MR) is 88.6 cm³/mol. The van der Waals surface area contributed by atoms with Crippen LogP contribution in [0.2, 0.25) is 0 Å². The Kier molecular flexibility index (Phi) is 4.10. The molecule has 0 radical (unpaired) electrons. The second kappa shape index (κ2) is 6.36. The summed E-state index contributed by atoms with van der Waals surface area (Å²) in [7, 11) is 0. The Morgan fingerprint density at radius 3 is 2.39 bits per heavy atom. The third-order valence-corrected chi connectivity index (χ3v) is 3.61. The van der Waals surface area contributed by atoms with Gasteiger partial charge in [-0.15, -0.1) is 0 Å². The summed E-state index contributed by atoms with van der Waals surface area (Å²) >= 11 is 0. The van der Waals surface area contributed by atoms with Crippen LogP contribution in [0.15, 0.2) is 60.8 Å². The summed E-state index contributed by atoms with van der Waals surface area (Å²) in [6.45, 7) is 0. The number of nitrogens with one attached hydrogen (secondary N) is 1. The van der Waals surface area contributed by atoms with Crippen molar-refractivity contribution in [2.24, 2.45) is 0 Å². The molecule has 0 aliphatic rings. The number of fused-ring (bicyclic) bond motifs is 1. The Morgan fingerprint density at radius 2 is 1.65 bits per heavy atom. The monoisotopic (exact) mass is 308 g/mol. The number of rotatable bonds is 5. The maximum atomic E-state index is 11.9. The van der Waals surface area contributed by atoms with Crippen LogP contribution in [0.1, 0.15) is 12.8 Å². The largest absolute Gasteiger partial charge is 0.481 e. The average Bonchev–Trinajstić information content (AvgIpc) is 2.93. The second-order valence-corrected chi connectivity index (χ2v) is 5.22. The van der Waals surface area contributed by atoms with Gasteiger partial charge in [0.05, 0.1) is 11.9 Å². The lowest BCUT2D eigenvalue weighted by atomic mass is 10.1. The van der Waals surface area contributed by atoms with Gasteiger partial charge in [-0.1, -0.05) is 48.5 Å². The Morgan fingerprint density at radius 1 is 0.957 bits per heavy atom. The third-order valence-electron chi connectivity index (χ3n) is 3.61. The Bertz CT molecular complexity index is 853. The van der Waals surface area contributed by atoms with Gasteiger partial charge >= 0.3 is 5.97 Å². The number of para-hydroxylation sites is 1. The molecule has 0 fully saturated rings. The topological polar surface area (TPSA) is 71.3 Å². The zero-order valence-electron chi connectivity index (χ0n) is 12.4. The van der Waals surface area contributed by atoms with E-state index in [9.17, 15) is 9.59 Å². The minimum absolute atomic E-state index is 0.0531. The average molecular weight is 308 g/mol. The van der Waals surface area contributed by atoms with Gasteiger partial charge < -0.3 is 5.11 Å². The molecule has 2 N–H and O–H groups in total. The summed E-state index contributed by atoms with van der Waals surface area (Å²) in [6, 6.07) is 17.7. The fraction of sp³-hybridized carbons (Fsp3) is 0.111. The maximum Gasteiger partial charge on any atom is 0.303 e. The van der Waals surface area contributed by atoms with Gasteiger partial charge in [-0.3, -0.25) is 19.7 Å². The molecule has 116 valence electrons. The molecule has 2 aromatic carbocycles. The molecule has 1 aromatic heterocycles. The van der Waals surface area contributed by atoms with E-state index in [0.29, 0.717) is 0 Å². The summed E-state index contributed by atoms with van der Waals surface area (Å²) in [6.07, 6.45) is 1.62. The molecule has 3 aromatic rings. The van der Waals surface area contributed by atoms with Gasteiger partial charge in [-0.25, -0.2) is 0 Å². The fourth-order valence-corrected chi connectivity index (χ4v) is 2.53. The summed E-state index contributed by atoms with van der Waals surface area (Å²) < 4.78 is 1.65. The van der Waals surface area contributed by atoms with Crippen molar-refractivity contribution in [3.8, 4) is 11.1 Å². The lowest BCUT2D eigenvalue weighted by Gasteiger charge is -2.06. The quantitative estimate of drug-likeness (QED) is 0.760. The molecular formula is C18H16N2O3. The second-order valence-electron chi connectivity index (χ2n) is 5.22. The number of aliphatic carboxylic acids is 1. The van der Waals surface area contributed by atoms with E-state index < -0.39 is 5.97 Å². The SMILES string of the molecule is O=C(O)CCC(=O)Nn1cc(-c2ccccc2)c2ccccc21. The van der Waals surface area contributed by atoms with Crippen LogP contribution >= 0.6 is 0 Å². The van der Waals surface area contributed by atoms with Crippen LogP contribution in [-0.4, -0.2) is 21.7 Å². The van der Waals surface area contributed by atoms with E-state index >= 15 is 0 Å². The number of hydrogen-bond donors (Lipinski definition) is 2. The molecule has 0 unspecified atom stereocenters. The molecule has 0 aliphatic heterocycles. The van der Waals surface area contributed by atoms with Crippen LogP contribution in [0.4, 0.5) is 0 Å². The number of carbonyl (C=O) groups excluding carboxylic acids is 1. The molecule has 3 rings (SSSR count).